The van der Waals surface area contributed by atoms with Crippen LogP contribution in [-0.4, -0.2) is 54.5 Å². The van der Waals surface area contributed by atoms with Crippen LogP contribution in [0.2, 0.25) is 0 Å². The van der Waals surface area contributed by atoms with Gasteiger partial charge in [0.15, 0.2) is 0 Å². The SMILES string of the molecule is COc1ccc(OCCN(C)[C@@H](C)C[S@@](C)=O)cc1. The molecule has 0 radical (unpaired) electrons. The minimum atomic E-state index is -0.758. The topological polar surface area (TPSA) is 38.8 Å². The van der Waals surface area contributed by atoms with Gasteiger partial charge in [-0.25, -0.2) is 0 Å². The molecule has 1 aromatic carbocycles. The number of nitrogens with zero attached hydrogens (tertiary/aromatic N) is 1. The maximum absolute atomic E-state index is 11.2. The van der Waals surface area contributed by atoms with E-state index in [1.54, 1.807) is 13.4 Å². The first-order valence-electron chi connectivity index (χ1n) is 6.30. The van der Waals surface area contributed by atoms with Crippen LogP contribution < -0.4 is 9.47 Å². The number of likely N-dealkylation sites (N-methyl/N-ethyl adjacent to an activating group) is 1. The van der Waals surface area contributed by atoms with E-state index >= 15 is 0 Å². The van der Waals surface area contributed by atoms with Crippen molar-refractivity contribution in [2.24, 2.45) is 0 Å². The molecule has 2 atom stereocenters. The first-order valence-corrected chi connectivity index (χ1v) is 8.02. The van der Waals surface area contributed by atoms with Gasteiger partial charge in [-0.3, -0.25) is 9.11 Å². The lowest BCUT2D eigenvalue weighted by Crippen LogP contribution is -2.36. The van der Waals surface area contributed by atoms with Crippen LogP contribution in [0.5, 0.6) is 11.5 Å². The zero-order chi connectivity index (χ0) is 14.3. The van der Waals surface area contributed by atoms with Crippen LogP contribution in [0.15, 0.2) is 24.3 Å². The Morgan fingerprint density at radius 2 is 1.84 bits per heavy atom. The molecule has 0 aliphatic rings. The summed E-state index contributed by atoms with van der Waals surface area (Å²) in [6, 6.07) is 7.83. The molecule has 0 aliphatic carbocycles. The lowest BCUT2D eigenvalue weighted by molar-refractivity contribution is 0.210. The van der Waals surface area contributed by atoms with E-state index in [4.69, 9.17) is 9.47 Å². The summed E-state index contributed by atoms with van der Waals surface area (Å²) in [5.41, 5.74) is 0. The molecule has 0 heterocycles. The van der Waals surface area contributed by atoms with E-state index in [0.29, 0.717) is 18.4 Å². The third-order valence-electron chi connectivity index (χ3n) is 3.00. The molecule has 0 unspecified atom stereocenters. The fourth-order valence-electron chi connectivity index (χ4n) is 1.67. The second-order valence-corrected chi connectivity index (χ2v) is 6.07. The Morgan fingerprint density at radius 3 is 2.37 bits per heavy atom. The van der Waals surface area contributed by atoms with Crippen molar-refractivity contribution in [2.75, 3.05) is 39.3 Å². The lowest BCUT2D eigenvalue weighted by Gasteiger charge is -2.23. The maximum Gasteiger partial charge on any atom is 0.119 e. The van der Waals surface area contributed by atoms with Crippen LogP contribution in [-0.2, 0) is 10.8 Å². The van der Waals surface area contributed by atoms with Crippen molar-refractivity contribution in [3.63, 3.8) is 0 Å². The van der Waals surface area contributed by atoms with E-state index in [-0.39, 0.29) is 0 Å². The zero-order valence-corrected chi connectivity index (χ0v) is 12.9. The van der Waals surface area contributed by atoms with Gasteiger partial charge >= 0.3 is 0 Å². The van der Waals surface area contributed by atoms with Gasteiger partial charge in [0.25, 0.3) is 0 Å². The lowest BCUT2D eigenvalue weighted by atomic mass is 10.3. The molecule has 0 fully saturated rings. The zero-order valence-electron chi connectivity index (χ0n) is 12.1. The van der Waals surface area contributed by atoms with Crippen LogP contribution in [0.1, 0.15) is 6.92 Å². The molecule has 0 saturated carbocycles. The number of rotatable bonds is 8. The molecule has 0 saturated heterocycles. The molecule has 0 amide bonds. The highest BCUT2D eigenvalue weighted by atomic mass is 32.2. The number of hydrogen-bond acceptors (Lipinski definition) is 4. The number of benzene rings is 1. The standard InChI is InChI=1S/C14H23NO3S/c1-12(11-19(4)16)15(2)9-10-18-14-7-5-13(17-3)6-8-14/h5-8,12H,9-11H2,1-4H3/t12-,19+/m0/s1. The minimum Gasteiger partial charge on any atom is -0.497 e. The monoisotopic (exact) mass is 285 g/mol. The van der Waals surface area contributed by atoms with Gasteiger partial charge in [0.2, 0.25) is 0 Å². The molecule has 5 heteroatoms. The quantitative estimate of drug-likeness (QED) is 0.730. The van der Waals surface area contributed by atoms with Gasteiger partial charge in [-0.15, -0.1) is 0 Å². The van der Waals surface area contributed by atoms with Crippen LogP contribution in [0.25, 0.3) is 0 Å². The Labute approximate surface area is 118 Å². The van der Waals surface area contributed by atoms with E-state index in [2.05, 4.69) is 11.8 Å². The number of methoxy groups -OCH3 is 1. The molecule has 0 spiro atoms. The van der Waals surface area contributed by atoms with Crippen LogP contribution >= 0.6 is 0 Å². The molecule has 0 bridgehead atoms. The highest BCUT2D eigenvalue weighted by Crippen LogP contribution is 2.16. The van der Waals surface area contributed by atoms with Crippen molar-refractivity contribution in [1.82, 2.24) is 4.90 Å². The van der Waals surface area contributed by atoms with E-state index in [9.17, 15) is 4.21 Å². The van der Waals surface area contributed by atoms with E-state index in [0.717, 1.165) is 18.0 Å². The molecule has 0 N–H and O–H groups in total. The fourth-order valence-corrected chi connectivity index (χ4v) is 2.60. The summed E-state index contributed by atoms with van der Waals surface area (Å²) in [4.78, 5) is 2.16. The third-order valence-corrected chi connectivity index (χ3v) is 3.95. The molecule has 19 heavy (non-hydrogen) atoms. The van der Waals surface area contributed by atoms with Crippen molar-refractivity contribution in [3.05, 3.63) is 24.3 Å². The van der Waals surface area contributed by atoms with Crippen LogP contribution in [0.3, 0.4) is 0 Å². The summed E-state index contributed by atoms with van der Waals surface area (Å²) >= 11 is 0. The van der Waals surface area contributed by atoms with Crippen molar-refractivity contribution >= 4 is 10.8 Å². The molecule has 108 valence electrons. The van der Waals surface area contributed by atoms with Gasteiger partial charge in [-0.2, -0.15) is 0 Å². The largest absolute Gasteiger partial charge is 0.497 e. The summed E-state index contributed by atoms with van der Waals surface area (Å²) < 4.78 is 21.9. The minimum absolute atomic E-state index is 0.297. The van der Waals surface area contributed by atoms with Gasteiger partial charge in [0, 0.05) is 35.4 Å². The highest BCUT2D eigenvalue weighted by molar-refractivity contribution is 7.84. The van der Waals surface area contributed by atoms with E-state index in [1.165, 1.54) is 0 Å². The first-order chi connectivity index (χ1) is 9.02. The van der Waals surface area contributed by atoms with Crippen molar-refractivity contribution in [3.8, 4) is 11.5 Å². The third kappa shape index (κ3) is 6.07. The Kier molecular flexibility index (Phi) is 6.87. The highest BCUT2D eigenvalue weighted by Gasteiger charge is 2.10. The maximum atomic E-state index is 11.2. The Balaban J connectivity index is 2.30. The average molecular weight is 285 g/mol. The van der Waals surface area contributed by atoms with Gasteiger partial charge in [-0.05, 0) is 38.2 Å². The van der Waals surface area contributed by atoms with Crippen molar-refractivity contribution < 1.29 is 13.7 Å². The van der Waals surface area contributed by atoms with Crippen LogP contribution in [0, 0.1) is 0 Å². The van der Waals surface area contributed by atoms with Gasteiger partial charge in [0.1, 0.15) is 18.1 Å². The van der Waals surface area contributed by atoms with Crippen molar-refractivity contribution in [2.45, 2.75) is 13.0 Å². The van der Waals surface area contributed by atoms with Gasteiger partial charge in [0.05, 0.1) is 7.11 Å². The smallest absolute Gasteiger partial charge is 0.119 e. The molecule has 0 aromatic heterocycles. The summed E-state index contributed by atoms with van der Waals surface area (Å²) in [5, 5.41) is 0. The molecule has 1 rings (SSSR count). The van der Waals surface area contributed by atoms with Gasteiger partial charge in [-0.1, -0.05) is 0 Å². The number of ether oxygens (including phenoxy) is 2. The Morgan fingerprint density at radius 1 is 1.26 bits per heavy atom. The predicted molar refractivity (Wildman–Crippen MR) is 79.5 cm³/mol. The molecular weight excluding hydrogens is 262 g/mol. The second kappa shape index (κ2) is 8.17. The van der Waals surface area contributed by atoms with E-state index in [1.807, 2.05) is 31.3 Å². The Hall–Kier alpha value is -1.07. The summed E-state index contributed by atoms with van der Waals surface area (Å²) in [6.45, 7) is 3.50. The predicted octanol–water partition coefficient (Wildman–Crippen LogP) is 1.77. The van der Waals surface area contributed by atoms with Crippen molar-refractivity contribution in [1.29, 1.82) is 0 Å². The van der Waals surface area contributed by atoms with Gasteiger partial charge < -0.3 is 9.47 Å². The normalized spacial score (nSPS) is 14.2. The summed E-state index contributed by atoms with van der Waals surface area (Å²) in [6.07, 6.45) is 1.73. The molecular formula is C14H23NO3S. The molecule has 4 nitrogen and oxygen atoms in total. The average Bonchev–Trinajstić information content (AvgIpc) is 2.38. The summed E-state index contributed by atoms with van der Waals surface area (Å²) in [5.74, 6) is 2.35. The fraction of sp³-hybridized carbons (Fsp3) is 0.571. The summed E-state index contributed by atoms with van der Waals surface area (Å²) in [7, 11) is 2.91. The van der Waals surface area contributed by atoms with E-state index < -0.39 is 10.8 Å². The molecule has 0 aliphatic heterocycles. The first kappa shape index (κ1) is 16.0. The Bertz CT molecular complexity index is 394. The molecule has 1 aromatic rings. The van der Waals surface area contributed by atoms with Crippen LogP contribution in [0.4, 0.5) is 0 Å². The second-order valence-electron chi connectivity index (χ2n) is 4.59. The number of hydrogen-bond donors (Lipinski definition) is 0.